The van der Waals surface area contributed by atoms with E-state index >= 15 is 0 Å². The number of hydrogen-bond acceptors (Lipinski definition) is 5. The van der Waals surface area contributed by atoms with Crippen LogP contribution in [0.1, 0.15) is 57.4 Å². The number of carboxylic acid groups (broad SMARTS) is 1. The van der Waals surface area contributed by atoms with E-state index in [1.54, 1.807) is 0 Å². The first kappa shape index (κ1) is 21.4. The van der Waals surface area contributed by atoms with Gasteiger partial charge in [-0.2, -0.15) is 0 Å². The predicted molar refractivity (Wildman–Crippen MR) is 99.2 cm³/mol. The Hall–Kier alpha value is -1.92. The zero-order chi connectivity index (χ0) is 19.5. The monoisotopic (exact) mass is 376 g/mol. The van der Waals surface area contributed by atoms with E-state index in [1.807, 2.05) is 37.3 Å². The first-order chi connectivity index (χ1) is 13.2. The highest BCUT2D eigenvalue weighted by atomic mass is 16.8. The molecule has 1 aliphatic heterocycles. The van der Waals surface area contributed by atoms with Crippen LogP contribution in [0.25, 0.3) is 0 Å². The number of rotatable bonds is 12. The summed E-state index contributed by atoms with van der Waals surface area (Å²) in [5.41, 5.74) is 1.17. The lowest BCUT2D eigenvalue weighted by molar-refractivity contribution is -0.323. The molecule has 3 atom stereocenters. The van der Waals surface area contributed by atoms with Gasteiger partial charge < -0.3 is 14.6 Å². The second-order valence-corrected chi connectivity index (χ2v) is 7.03. The molecular weight excluding hydrogens is 346 g/mol. The van der Waals surface area contributed by atoms with Crippen LogP contribution in [0.4, 0.5) is 0 Å². The van der Waals surface area contributed by atoms with Crippen molar-refractivity contribution in [2.45, 2.75) is 70.6 Å². The number of benzene rings is 1. The summed E-state index contributed by atoms with van der Waals surface area (Å²) in [6, 6.07) is 9.39. The number of nitrogens with zero attached hydrogens (tertiary/aromatic N) is 1. The number of carbonyl (C=O) groups is 2. The lowest BCUT2D eigenvalue weighted by atomic mass is 9.90. The van der Waals surface area contributed by atoms with Crippen molar-refractivity contribution in [3.8, 4) is 0 Å². The molecule has 0 saturated carbocycles. The predicted octanol–water partition coefficient (Wildman–Crippen LogP) is 2.46. The Kier molecular flexibility index (Phi) is 9.28. The van der Waals surface area contributed by atoms with Crippen molar-refractivity contribution in [1.82, 2.24) is 5.06 Å². The molecule has 1 heterocycles. The number of ether oxygens (including phenoxy) is 1. The Morgan fingerprint density at radius 3 is 2.70 bits per heavy atom. The fourth-order valence-corrected chi connectivity index (χ4v) is 3.55. The molecule has 0 aliphatic carbocycles. The average molecular weight is 376 g/mol. The SMILES string of the molecule is CCCC(C(CCCc1ccccc1)C(=O)[O-])N(C=O)OC1CCCCO1. The highest BCUT2D eigenvalue weighted by Gasteiger charge is 2.30. The molecule has 6 nitrogen and oxygen atoms in total. The van der Waals surface area contributed by atoms with Crippen LogP contribution < -0.4 is 5.11 Å². The van der Waals surface area contributed by atoms with Gasteiger partial charge in [-0.15, -0.1) is 0 Å². The zero-order valence-electron chi connectivity index (χ0n) is 16.0. The van der Waals surface area contributed by atoms with Crippen LogP contribution in [0.15, 0.2) is 30.3 Å². The van der Waals surface area contributed by atoms with Crippen molar-refractivity contribution < 1.29 is 24.3 Å². The van der Waals surface area contributed by atoms with Gasteiger partial charge in [0.25, 0.3) is 0 Å². The van der Waals surface area contributed by atoms with E-state index < -0.39 is 24.2 Å². The van der Waals surface area contributed by atoms with E-state index in [2.05, 4.69) is 0 Å². The van der Waals surface area contributed by atoms with Gasteiger partial charge in [0, 0.05) is 24.9 Å². The number of hydrogen-bond donors (Lipinski definition) is 0. The second-order valence-electron chi connectivity index (χ2n) is 7.03. The van der Waals surface area contributed by atoms with Crippen molar-refractivity contribution >= 4 is 12.4 Å². The Balaban J connectivity index is 2.00. The molecule has 150 valence electrons. The van der Waals surface area contributed by atoms with Gasteiger partial charge in [-0.25, -0.2) is 9.90 Å². The third kappa shape index (κ3) is 6.96. The summed E-state index contributed by atoms with van der Waals surface area (Å²) in [6.07, 6.45) is 5.93. The fraction of sp³-hybridized carbons (Fsp3) is 0.619. The minimum absolute atomic E-state index is 0.432. The second kappa shape index (κ2) is 11.7. The zero-order valence-corrected chi connectivity index (χ0v) is 16.0. The van der Waals surface area contributed by atoms with Gasteiger partial charge >= 0.3 is 0 Å². The quantitative estimate of drug-likeness (QED) is 0.414. The Bertz CT molecular complexity index is 559. The number of aliphatic carboxylic acids is 1. The van der Waals surface area contributed by atoms with Gasteiger partial charge in [0.2, 0.25) is 6.41 Å². The molecule has 1 aromatic carbocycles. The maximum atomic E-state index is 11.8. The van der Waals surface area contributed by atoms with Crippen molar-refractivity contribution in [2.24, 2.45) is 5.92 Å². The van der Waals surface area contributed by atoms with Crippen molar-refractivity contribution in [2.75, 3.05) is 6.61 Å². The molecule has 1 saturated heterocycles. The highest BCUT2D eigenvalue weighted by molar-refractivity contribution is 5.69. The van der Waals surface area contributed by atoms with Crippen molar-refractivity contribution in [3.63, 3.8) is 0 Å². The first-order valence-electron chi connectivity index (χ1n) is 9.92. The molecule has 1 fully saturated rings. The molecule has 6 heteroatoms. The molecule has 2 rings (SSSR count). The number of amides is 1. The molecular formula is C21H30NO5-. The van der Waals surface area contributed by atoms with Crippen molar-refractivity contribution in [1.29, 1.82) is 0 Å². The van der Waals surface area contributed by atoms with Gasteiger partial charge in [-0.05, 0) is 44.1 Å². The van der Waals surface area contributed by atoms with E-state index in [0.29, 0.717) is 38.7 Å². The smallest absolute Gasteiger partial charge is 0.233 e. The van der Waals surface area contributed by atoms with Crippen LogP contribution in [0.3, 0.4) is 0 Å². The van der Waals surface area contributed by atoms with Crippen LogP contribution in [0.5, 0.6) is 0 Å². The topological polar surface area (TPSA) is 78.9 Å². The Morgan fingerprint density at radius 1 is 1.33 bits per heavy atom. The normalized spacial score (nSPS) is 19.2. The molecule has 1 amide bonds. The van der Waals surface area contributed by atoms with Crippen LogP contribution in [-0.2, 0) is 25.6 Å². The average Bonchev–Trinajstić information content (AvgIpc) is 2.69. The van der Waals surface area contributed by atoms with E-state index in [9.17, 15) is 14.7 Å². The summed E-state index contributed by atoms with van der Waals surface area (Å²) in [5, 5.41) is 13.0. The number of carboxylic acids is 1. The molecule has 0 spiro atoms. The largest absolute Gasteiger partial charge is 0.550 e. The number of aryl methyl sites for hydroxylation is 1. The molecule has 0 N–H and O–H groups in total. The van der Waals surface area contributed by atoms with Gasteiger partial charge in [-0.3, -0.25) is 4.79 Å². The van der Waals surface area contributed by atoms with E-state index in [1.165, 1.54) is 5.56 Å². The summed E-state index contributed by atoms with van der Waals surface area (Å²) in [7, 11) is 0. The molecule has 27 heavy (non-hydrogen) atoms. The van der Waals surface area contributed by atoms with Gasteiger partial charge in [0.1, 0.15) is 0 Å². The first-order valence-corrected chi connectivity index (χ1v) is 9.92. The molecule has 0 aromatic heterocycles. The lowest BCUT2D eigenvalue weighted by Crippen LogP contribution is -2.49. The number of carbonyl (C=O) groups excluding carboxylic acids is 2. The van der Waals surface area contributed by atoms with Crippen LogP contribution >= 0.6 is 0 Å². The Morgan fingerprint density at radius 2 is 2.11 bits per heavy atom. The molecule has 1 aromatic rings. The van der Waals surface area contributed by atoms with E-state index in [-0.39, 0.29) is 0 Å². The van der Waals surface area contributed by atoms with Gasteiger partial charge in [-0.1, -0.05) is 43.7 Å². The third-order valence-corrected chi connectivity index (χ3v) is 4.98. The maximum Gasteiger partial charge on any atom is 0.233 e. The van der Waals surface area contributed by atoms with Crippen LogP contribution in [0.2, 0.25) is 0 Å². The Labute approximate surface area is 161 Å². The standard InChI is InChI=1S/C21H31NO5/c1-2-9-19(22(16-23)27-20-14-6-7-15-26-20)18(21(24)25)13-8-12-17-10-4-3-5-11-17/h3-5,10-11,16,18-20H,2,6-9,12-15H2,1H3,(H,24,25)/p-1. The van der Waals surface area contributed by atoms with Crippen molar-refractivity contribution in [3.05, 3.63) is 35.9 Å². The van der Waals surface area contributed by atoms with E-state index in [0.717, 1.165) is 30.7 Å². The molecule has 3 unspecified atom stereocenters. The summed E-state index contributed by atoms with van der Waals surface area (Å²) >= 11 is 0. The minimum atomic E-state index is -1.14. The lowest BCUT2D eigenvalue weighted by Gasteiger charge is -2.37. The van der Waals surface area contributed by atoms with Gasteiger partial charge in [0.05, 0.1) is 6.04 Å². The van der Waals surface area contributed by atoms with E-state index in [4.69, 9.17) is 9.57 Å². The molecule has 0 bridgehead atoms. The summed E-state index contributed by atoms with van der Waals surface area (Å²) in [5.74, 6) is -1.91. The van der Waals surface area contributed by atoms with Crippen LogP contribution in [-0.4, -0.2) is 36.4 Å². The summed E-state index contributed by atoms with van der Waals surface area (Å²) < 4.78 is 5.53. The summed E-state index contributed by atoms with van der Waals surface area (Å²) in [6.45, 7) is 2.56. The maximum absolute atomic E-state index is 11.8. The molecule has 0 radical (unpaired) electrons. The van der Waals surface area contributed by atoms with Crippen LogP contribution in [0, 0.1) is 5.92 Å². The van der Waals surface area contributed by atoms with Gasteiger partial charge in [0.15, 0.2) is 6.29 Å². The number of hydroxylamine groups is 2. The third-order valence-electron chi connectivity index (χ3n) is 4.98. The molecule has 1 aliphatic rings. The summed E-state index contributed by atoms with van der Waals surface area (Å²) in [4.78, 5) is 29.2. The fourth-order valence-electron chi connectivity index (χ4n) is 3.55. The minimum Gasteiger partial charge on any atom is -0.550 e. The highest BCUT2D eigenvalue weighted by Crippen LogP contribution is 2.24.